The standard InChI is InChI=1S/C19H32N4O2/c1-16-13-23(17-5-11-25-12-6-17)10-9-22(16)14-18(24)21-19(15-20)7-3-2-4-8-19/h16-17H,2-14H2,1H3,(H,21,24)/t16-/m1/s1. The Morgan fingerprint density at radius 1 is 1.24 bits per heavy atom. The van der Waals surface area contributed by atoms with E-state index >= 15 is 0 Å². The lowest BCUT2D eigenvalue weighted by atomic mass is 9.83. The van der Waals surface area contributed by atoms with E-state index in [9.17, 15) is 10.1 Å². The van der Waals surface area contributed by atoms with E-state index in [0.29, 0.717) is 18.6 Å². The highest BCUT2D eigenvalue weighted by Gasteiger charge is 2.35. The van der Waals surface area contributed by atoms with Crippen molar-refractivity contribution in [3.8, 4) is 6.07 Å². The lowest BCUT2D eigenvalue weighted by Gasteiger charge is -2.44. The molecule has 3 rings (SSSR count). The fourth-order valence-corrected chi connectivity index (χ4v) is 4.55. The summed E-state index contributed by atoms with van der Waals surface area (Å²) in [7, 11) is 0. The SMILES string of the molecule is C[C@@H]1CN(C2CCOCC2)CCN1CC(=O)NC1(C#N)CCCCC1. The van der Waals surface area contributed by atoms with Gasteiger partial charge in [-0.25, -0.2) is 0 Å². The van der Waals surface area contributed by atoms with Gasteiger partial charge in [-0.15, -0.1) is 0 Å². The second-order valence-corrected chi connectivity index (χ2v) is 7.96. The van der Waals surface area contributed by atoms with E-state index in [-0.39, 0.29) is 5.91 Å². The number of nitrogens with zero attached hydrogens (tertiary/aromatic N) is 3. The number of hydrogen-bond donors (Lipinski definition) is 1. The van der Waals surface area contributed by atoms with E-state index in [1.165, 1.54) is 6.42 Å². The van der Waals surface area contributed by atoms with Crippen molar-refractivity contribution in [2.45, 2.75) is 69.5 Å². The summed E-state index contributed by atoms with van der Waals surface area (Å²) < 4.78 is 5.47. The van der Waals surface area contributed by atoms with Crippen molar-refractivity contribution in [2.24, 2.45) is 0 Å². The molecule has 0 unspecified atom stereocenters. The number of piperazine rings is 1. The smallest absolute Gasteiger partial charge is 0.235 e. The number of nitrogens with one attached hydrogen (secondary N) is 1. The van der Waals surface area contributed by atoms with Gasteiger partial charge in [-0.1, -0.05) is 19.3 Å². The van der Waals surface area contributed by atoms with E-state index < -0.39 is 5.54 Å². The van der Waals surface area contributed by atoms with Crippen molar-refractivity contribution in [1.29, 1.82) is 5.26 Å². The van der Waals surface area contributed by atoms with E-state index in [0.717, 1.165) is 71.4 Å². The molecule has 1 N–H and O–H groups in total. The van der Waals surface area contributed by atoms with Crippen molar-refractivity contribution >= 4 is 5.91 Å². The molecule has 3 fully saturated rings. The summed E-state index contributed by atoms with van der Waals surface area (Å²) in [5, 5.41) is 12.6. The number of hydrogen-bond acceptors (Lipinski definition) is 5. The van der Waals surface area contributed by atoms with Gasteiger partial charge in [0.05, 0.1) is 12.6 Å². The van der Waals surface area contributed by atoms with Crippen molar-refractivity contribution in [3.05, 3.63) is 0 Å². The number of carbonyl (C=O) groups is 1. The molecular weight excluding hydrogens is 316 g/mol. The number of rotatable bonds is 4. The van der Waals surface area contributed by atoms with Crippen LogP contribution >= 0.6 is 0 Å². The summed E-state index contributed by atoms with van der Waals surface area (Å²) in [6, 6.07) is 3.38. The molecule has 140 valence electrons. The maximum Gasteiger partial charge on any atom is 0.235 e. The first-order valence-corrected chi connectivity index (χ1v) is 9.90. The third-order valence-electron chi connectivity index (χ3n) is 6.15. The number of amides is 1. The maximum atomic E-state index is 12.5. The first kappa shape index (κ1) is 18.6. The van der Waals surface area contributed by atoms with Crippen LogP contribution in [-0.4, -0.2) is 72.7 Å². The molecule has 1 aliphatic carbocycles. The normalized spacial score (nSPS) is 29.0. The van der Waals surface area contributed by atoms with Gasteiger partial charge in [-0.3, -0.25) is 14.6 Å². The zero-order valence-corrected chi connectivity index (χ0v) is 15.5. The summed E-state index contributed by atoms with van der Waals surface area (Å²) >= 11 is 0. The first-order valence-electron chi connectivity index (χ1n) is 9.90. The lowest BCUT2D eigenvalue weighted by Crippen LogP contribution is -2.58. The van der Waals surface area contributed by atoms with Gasteiger partial charge in [0.15, 0.2) is 0 Å². The van der Waals surface area contributed by atoms with Crippen molar-refractivity contribution in [3.63, 3.8) is 0 Å². The highest BCUT2D eigenvalue weighted by Crippen LogP contribution is 2.27. The van der Waals surface area contributed by atoms with Crippen LogP contribution in [0.4, 0.5) is 0 Å². The maximum absolute atomic E-state index is 12.5. The molecule has 2 aliphatic heterocycles. The number of ether oxygens (including phenoxy) is 1. The molecule has 1 atom stereocenters. The minimum atomic E-state index is -0.623. The molecule has 3 aliphatic rings. The molecule has 25 heavy (non-hydrogen) atoms. The highest BCUT2D eigenvalue weighted by molar-refractivity contribution is 5.79. The van der Waals surface area contributed by atoms with E-state index in [2.05, 4.69) is 28.1 Å². The Balaban J connectivity index is 1.48. The minimum absolute atomic E-state index is 0.00909. The molecule has 1 amide bonds. The van der Waals surface area contributed by atoms with Gasteiger partial charge < -0.3 is 10.1 Å². The monoisotopic (exact) mass is 348 g/mol. The molecule has 0 aromatic rings. The summed E-state index contributed by atoms with van der Waals surface area (Å²) in [5.41, 5.74) is -0.623. The predicted octanol–water partition coefficient (Wildman–Crippen LogP) is 1.51. The molecule has 2 saturated heterocycles. The highest BCUT2D eigenvalue weighted by atomic mass is 16.5. The van der Waals surface area contributed by atoms with Crippen molar-refractivity contribution in [1.82, 2.24) is 15.1 Å². The topological polar surface area (TPSA) is 68.6 Å². The van der Waals surface area contributed by atoms with E-state index in [4.69, 9.17) is 4.74 Å². The second-order valence-electron chi connectivity index (χ2n) is 7.96. The molecule has 6 nitrogen and oxygen atoms in total. The number of nitriles is 1. The summed E-state index contributed by atoms with van der Waals surface area (Å²) in [6.07, 6.45) is 7.08. The van der Waals surface area contributed by atoms with Gasteiger partial charge in [0, 0.05) is 44.9 Å². The van der Waals surface area contributed by atoms with Gasteiger partial charge in [0.25, 0.3) is 0 Å². The Hall–Kier alpha value is -1.16. The van der Waals surface area contributed by atoms with Gasteiger partial charge in [-0.2, -0.15) is 5.26 Å². The molecule has 1 saturated carbocycles. The molecule has 0 bridgehead atoms. The van der Waals surface area contributed by atoms with Crippen LogP contribution < -0.4 is 5.32 Å². The Morgan fingerprint density at radius 2 is 1.96 bits per heavy atom. The zero-order chi connectivity index (χ0) is 17.7. The average molecular weight is 348 g/mol. The summed E-state index contributed by atoms with van der Waals surface area (Å²) in [6.45, 7) is 7.32. The molecule has 2 heterocycles. The van der Waals surface area contributed by atoms with Crippen LogP contribution in [0.25, 0.3) is 0 Å². The number of carbonyl (C=O) groups excluding carboxylic acids is 1. The summed E-state index contributed by atoms with van der Waals surface area (Å²) in [5.74, 6) is 0.00909. The Kier molecular flexibility index (Phi) is 6.32. The molecule has 6 heteroatoms. The predicted molar refractivity (Wildman–Crippen MR) is 96.0 cm³/mol. The van der Waals surface area contributed by atoms with Gasteiger partial charge in [0.1, 0.15) is 5.54 Å². The fourth-order valence-electron chi connectivity index (χ4n) is 4.55. The first-order chi connectivity index (χ1) is 12.1. The van der Waals surface area contributed by atoms with Crippen LogP contribution in [0.15, 0.2) is 0 Å². The molecule has 0 aromatic carbocycles. The largest absolute Gasteiger partial charge is 0.381 e. The van der Waals surface area contributed by atoms with Crippen molar-refractivity contribution < 1.29 is 9.53 Å². The van der Waals surface area contributed by atoms with Crippen molar-refractivity contribution in [2.75, 3.05) is 39.4 Å². The minimum Gasteiger partial charge on any atom is -0.381 e. The van der Waals surface area contributed by atoms with Gasteiger partial charge in [-0.05, 0) is 32.6 Å². The Labute approximate surface area is 151 Å². The quantitative estimate of drug-likeness (QED) is 0.834. The van der Waals surface area contributed by atoms with Crippen LogP contribution in [-0.2, 0) is 9.53 Å². The molecule has 0 radical (unpaired) electrons. The Morgan fingerprint density at radius 3 is 2.60 bits per heavy atom. The fraction of sp³-hybridized carbons (Fsp3) is 0.895. The van der Waals surface area contributed by atoms with Crippen LogP contribution in [0.1, 0.15) is 51.9 Å². The van der Waals surface area contributed by atoms with Gasteiger partial charge >= 0.3 is 0 Å². The Bertz CT molecular complexity index is 492. The van der Waals surface area contributed by atoms with Crippen LogP contribution in [0.5, 0.6) is 0 Å². The molecule has 0 aromatic heterocycles. The lowest BCUT2D eigenvalue weighted by molar-refractivity contribution is -0.125. The zero-order valence-electron chi connectivity index (χ0n) is 15.5. The summed E-state index contributed by atoms with van der Waals surface area (Å²) in [4.78, 5) is 17.4. The van der Waals surface area contributed by atoms with E-state index in [1.54, 1.807) is 0 Å². The van der Waals surface area contributed by atoms with Crippen LogP contribution in [0, 0.1) is 11.3 Å². The molecular formula is C19H32N4O2. The van der Waals surface area contributed by atoms with Crippen LogP contribution in [0.2, 0.25) is 0 Å². The third-order valence-corrected chi connectivity index (χ3v) is 6.15. The average Bonchev–Trinajstić information content (AvgIpc) is 2.65. The third kappa shape index (κ3) is 4.72. The van der Waals surface area contributed by atoms with E-state index in [1.807, 2.05) is 0 Å². The van der Waals surface area contributed by atoms with Crippen LogP contribution in [0.3, 0.4) is 0 Å². The van der Waals surface area contributed by atoms with Gasteiger partial charge in [0.2, 0.25) is 5.91 Å². The molecule has 0 spiro atoms. The second kappa shape index (κ2) is 8.48.